The van der Waals surface area contributed by atoms with Gasteiger partial charge in [-0.15, -0.1) is 0 Å². The summed E-state index contributed by atoms with van der Waals surface area (Å²) in [6, 6.07) is 14.1. The number of rotatable bonds is 4. The molecule has 0 saturated heterocycles. The molecule has 0 radical (unpaired) electrons. The second-order valence-electron chi connectivity index (χ2n) is 6.32. The van der Waals surface area contributed by atoms with Crippen LogP contribution in [0.5, 0.6) is 0 Å². The van der Waals surface area contributed by atoms with Crippen LogP contribution in [0.2, 0.25) is 0 Å². The van der Waals surface area contributed by atoms with E-state index in [0.717, 1.165) is 53.4 Å². The van der Waals surface area contributed by atoms with Gasteiger partial charge in [0.1, 0.15) is 11.5 Å². The molecule has 6 nitrogen and oxygen atoms in total. The fraction of sp³-hybridized carbons (Fsp3) is 0.238. The van der Waals surface area contributed by atoms with Crippen molar-refractivity contribution in [2.45, 2.75) is 26.8 Å². The van der Waals surface area contributed by atoms with Gasteiger partial charge in [-0.25, -0.2) is 4.98 Å². The molecule has 150 valence electrons. The van der Waals surface area contributed by atoms with Crippen LogP contribution in [0.25, 0.3) is 22.5 Å². The Labute approximate surface area is 186 Å². The summed E-state index contributed by atoms with van der Waals surface area (Å²) in [5.41, 5.74) is 3.84. The molecule has 3 aromatic heterocycles. The van der Waals surface area contributed by atoms with Gasteiger partial charge in [0.2, 0.25) is 5.95 Å². The highest BCUT2D eigenvalue weighted by Gasteiger charge is 2.20. The van der Waals surface area contributed by atoms with E-state index in [-0.39, 0.29) is 0 Å². The van der Waals surface area contributed by atoms with Crippen LogP contribution in [0.15, 0.2) is 53.1 Å². The van der Waals surface area contributed by atoms with Crippen molar-refractivity contribution in [3.05, 3.63) is 60.0 Å². The first-order valence-corrected chi connectivity index (χ1v) is 13.0. The number of anilines is 2. The van der Waals surface area contributed by atoms with Crippen molar-refractivity contribution in [1.82, 2.24) is 19.3 Å². The standard InChI is InChI=1S/C19H16IN5OS.C2H6/c20-27-25-9-7-14-17(16-10-12-11-21-8-6-15(12)26-16)23-19(24-18(14)25)22-13-4-2-1-3-5-13;1-2/h1-5,7,9-10,21H,6,8,11H2,(H,22,23,24);1-2H3. The van der Waals surface area contributed by atoms with Crippen LogP contribution in [-0.2, 0) is 13.0 Å². The first-order chi connectivity index (χ1) is 14.3. The molecule has 0 fully saturated rings. The van der Waals surface area contributed by atoms with E-state index in [9.17, 15) is 0 Å². The molecule has 5 rings (SSSR count). The monoisotopic (exact) mass is 519 g/mol. The maximum Gasteiger partial charge on any atom is 0.229 e. The van der Waals surface area contributed by atoms with E-state index in [0.29, 0.717) is 5.95 Å². The quantitative estimate of drug-likeness (QED) is 0.325. The number of nitrogens with zero attached hydrogens (tertiary/aromatic N) is 3. The molecule has 0 spiro atoms. The van der Waals surface area contributed by atoms with Crippen LogP contribution in [0.1, 0.15) is 25.2 Å². The number of para-hydroxylation sites is 1. The third-order valence-electron chi connectivity index (χ3n) is 4.59. The summed E-state index contributed by atoms with van der Waals surface area (Å²) < 4.78 is 8.20. The van der Waals surface area contributed by atoms with Gasteiger partial charge in [-0.2, -0.15) is 4.98 Å². The van der Waals surface area contributed by atoms with Crippen molar-refractivity contribution < 1.29 is 4.42 Å². The number of hydrogen-bond acceptors (Lipinski definition) is 6. The molecule has 0 atom stereocenters. The van der Waals surface area contributed by atoms with E-state index in [1.807, 2.05) is 60.4 Å². The van der Waals surface area contributed by atoms with Crippen molar-refractivity contribution in [2.75, 3.05) is 11.9 Å². The molecule has 0 bridgehead atoms. The van der Waals surface area contributed by atoms with Crippen LogP contribution in [0.3, 0.4) is 0 Å². The highest BCUT2D eigenvalue weighted by Crippen LogP contribution is 2.34. The van der Waals surface area contributed by atoms with E-state index in [1.165, 1.54) is 5.56 Å². The Balaban J connectivity index is 0.000000994. The molecule has 0 amide bonds. The predicted octanol–water partition coefficient (Wildman–Crippen LogP) is 5.95. The zero-order valence-corrected chi connectivity index (χ0v) is 19.3. The number of nitrogens with one attached hydrogen (secondary N) is 2. The molecule has 8 heteroatoms. The molecular weight excluding hydrogens is 497 g/mol. The van der Waals surface area contributed by atoms with Gasteiger partial charge >= 0.3 is 0 Å². The number of fused-ring (bicyclic) bond motifs is 2. The van der Waals surface area contributed by atoms with Gasteiger partial charge in [0, 0.05) is 72.7 Å². The summed E-state index contributed by atoms with van der Waals surface area (Å²) in [4.78, 5) is 9.53. The zero-order chi connectivity index (χ0) is 20.2. The minimum absolute atomic E-state index is 0.557. The lowest BCUT2D eigenvalue weighted by molar-refractivity contribution is 0.483. The van der Waals surface area contributed by atoms with Crippen LogP contribution < -0.4 is 10.6 Å². The van der Waals surface area contributed by atoms with Gasteiger partial charge < -0.3 is 15.1 Å². The fourth-order valence-electron chi connectivity index (χ4n) is 3.31. The van der Waals surface area contributed by atoms with Gasteiger partial charge in [0.15, 0.2) is 11.4 Å². The lowest BCUT2D eigenvalue weighted by Gasteiger charge is -2.09. The van der Waals surface area contributed by atoms with Crippen molar-refractivity contribution in [1.29, 1.82) is 0 Å². The Hall–Kier alpha value is -2.04. The van der Waals surface area contributed by atoms with E-state index in [1.54, 1.807) is 9.12 Å². The van der Waals surface area contributed by atoms with Crippen molar-refractivity contribution in [3.63, 3.8) is 0 Å². The third kappa shape index (κ3) is 4.15. The number of aromatic nitrogens is 3. The predicted molar refractivity (Wildman–Crippen MR) is 129 cm³/mol. The number of furan rings is 1. The molecule has 1 aliphatic rings. The molecule has 0 unspecified atom stereocenters. The zero-order valence-electron chi connectivity index (χ0n) is 16.3. The van der Waals surface area contributed by atoms with Crippen molar-refractivity contribution >= 4 is 53.0 Å². The average molecular weight is 519 g/mol. The second kappa shape index (κ2) is 9.19. The molecular formula is C21H22IN5OS. The van der Waals surface area contributed by atoms with Crippen LogP contribution >= 0.6 is 30.3 Å². The molecule has 0 saturated carbocycles. The van der Waals surface area contributed by atoms with Gasteiger partial charge in [0.25, 0.3) is 0 Å². The Morgan fingerprint density at radius 2 is 2.00 bits per heavy atom. The summed E-state index contributed by atoms with van der Waals surface area (Å²) in [6.07, 6.45) is 2.92. The Kier molecular flexibility index (Phi) is 6.41. The second-order valence-corrected chi connectivity index (χ2v) is 8.03. The van der Waals surface area contributed by atoms with Crippen molar-refractivity contribution in [3.8, 4) is 11.5 Å². The number of benzene rings is 1. The maximum atomic E-state index is 6.17. The topological polar surface area (TPSA) is 67.9 Å². The van der Waals surface area contributed by atoms with E-state index in [4.69, 9.17) is 14.4 Å². The van der Waals surface area contributed by atoms with Gasteiger partial charge in [-0.3, -0.25) is 3.97 Å². The van der Waals surface area contributed by atoms with Crippen LogP contribution in [0.4, 0.5) is 11.6 Å². The summed E-state index contributed by atoms with van der Waals surface area (Å²) in [6.45, 7) is 5.79. The first-order valence-electron chi connectivity index (χ1n) is 9.65. The van der Waals surface area contributed by atoms with Crippen molar-refractivity contribution in [2.24, 2.45) is 0 Å². The highest BCUT2D eigenvalue weighted by atomic mass is 127. The van der Waals surface area contributed by atoms with Crippen LogP contribution in [-0.4, -0.2) is 20.5 Å². The molecule has 29 heavy (non-hydrogen) atoms. The average Bonchev–Trinajstić information content (AvgIpc) is 3.39. The molecule has 4 heterocycles. The summed E-state index contributed by atoms with van der Waals surface area (Å²) >= 11 is 2.26. The maximum absolute atomic E-state index is 6.17. The molecule has 4 aromatic rings. The minimum Gasteiger partial charge on any atom is -0.459 e. The largest absolute Gasteiger partial charge is 0.459 e. The Bertz CT molecular complexity index is 1090. The molecule has 1 aromatic carbocycles. The van der Waals surface area contributed by atoms with Gasteiger partial charge in [-0.05, 0) is 24.3 Å². The molecule has 1 aliphatic heterocycles. The fourth-order valence-corrected chi connectivity index (χ4v) is 4.58. The molecule has 0 aliphatic carbocycles. The minimum atomic E-state index is 0.557. The third-order valence-corrected chi connectivity index (χ3v) is 6.31. The normalized spacial score (nSPS) is 12.9. The van der Waals surface area contributed by atoms with Gasteiger partial charge in [-0.1, -0.05) is 32.0 Å². The molecule has 2 N–H and O–H groups in total. The SMILES string of the molecule is CC.ISn1ccc2c(-c3cc4c(o3)CCNC4)nc(Nc3ccccc3)nc21. The lowest BCUT2D eigenvalue weighted by atomic mass is 10.1. The van der Waals surface area contributed by atoms with Crippen LogP contribution in [0, 0.1) is 0 Å². The van der Waals surface area contributed by atoms with E-state index in [2.05, 4.69) is 37.9 Å². The smallest absolute Gasteiger partial charge is 0.229 e. The van der Waals surface area contributed by atoms with E-state index < -0.39 is 0 Å². The number of halogens is 1. The Morgan fingerprint density at radius 1 is 1.17 bits per heavy atom. The number of hydrogen-bond donors (Lipinski definition) is 2. The lowest BCUT2D eigenvalue weighted by Crippen LogP contribution is -2.22. The summed E-state index contributed by atoms with van der Waals surface area (Å²) in [5.74, 6) is 2.40. The first kappa shape index (κ1) is 20.2. The Morgan fingerprint density at radius 3 is 2.76 bits per heavy atom. The highest BCUT2D eigenvalue weighted by molar-refractivity contribution is 14.2. The van der Waals surface area contributed by atoms with E-state index >= 15 is 0 Å². The van der Waals surface area contributed by atoms with Gasteiger partial charge in [0.05, 0.1) is 0 Å². The summed E-state index contributed by atoms with van der Waals surface area (Å²) in [5, 5.41) is 7.68. The summed E-state index contributed by atoms with van der Waals surface area (Å²) in [7, 11) is 1.58.